The molecule has 0 spiro atoms. The number of rotatable bonds is 4. The van der Waals surface area contributed by atoms with Crippen molar-refractivity contribution in [3.63, 3.8) is 0 Å². The zero-order chi connectivity index (χ0) is 17.8. The molecule has 1 atom stereocenters. The van der Waals surface area contributed by atoms with Crippen molar-refractivity contribution in [2.45, 2.75) is 25.8 Å². The Labute approximate surface area is 153 Å². The van der Waals surface area contributed by atoms with Gasteiger partial charge in [-0.3, -0.25) is 4.98 Å². The zero-order valence-electron chi connectivity index (χ0n) is 15.1. The minimum atomic E-state index is 0.331. The summed E-state index contributed by atoms with van der Waals surface area (Å²) in [5.41, 5.74) is 0.977. The Balaban J connectivity index is 1.43. The summed E-state index contributed by atoms with van der Waals surface area (Å²) < 4.78 is 5.41. The van der Waals surface area contributed by atoms with Gasteiger partial charge >= 0.3 is 0 Å². The van der Waals surface area contributed by atoms with Gasteiger partial charge in [0.1, 0.15) is 11.6 Å². The molecule has 2 aliphatic rings. The van der Waals surface area contributed by atoms with E-state index in [0.717, 1.165) is 75.5 Å². The van der Waals surface area contributed by atoms with E-state index in [-0.39, 0.29) is 0 Å². The average Bonchev–Trinajstić information content (AvgIpc) is 2.69. The van der Waals surface area contributed by atoms with Crippen LogP contribution in [0.15, 0.2) is 24.7 Å². The number of anilines is 3. The third-order valence-electron chi connectivity index (χ3n) is 4.86. The number of nitrogens with zero attached hydrogens (tertiary/aromatic N) is 6. The van der Waals surface area contributed by atoms with E-state index in [1.54, 1.807) is 12.4 Å². The summed E-state index contributed by atoms with van der Waals surface area (Å²) in [5.74, 6) is 2.63. The van der Waals surface area contributed by atoms with Gasteiger partial charge in [0.05, 0.1) is 18.9 Å². The van der Waals surface area contributed by atoms with E-state index in [4.69, 9.17) is 9.72 Å². The zero-order valence-corrected chi connectivity index (χ0v) is 15.1. The average molecular weight is 355 g/mol. The van der Waals surface area contributed by atoms with Crippen LogP contribution in [0.5, 0.6) is 0 Å². The molecule has 0 aliphatic carbocycles. The first kappa shape index (κ1) is 17.0. The smallest absolute Gasteiger partial charge is 0.227 e. The Morgan fingerprint density at radius 3 is 2.73 bits per heavy atom. The van der Waals surface area contributed by atoms with Gasteiger partial charge in [-0.05, 0) is 25.8 Å². The van der Waals surface area contributed by atoms with Crippen LogP contribution in [0, 0.1) is 6.92 Å². The second-order valence-corrected chi connectivity index (χ2v) is 6.74. The Bertz CT molecular complexity index is 735. The van der Waals surface area contributed by atoms with Crippen LogP contribution in [0.1, 0.15) is 18.5 Å². The molecular formula is C18H25N7O. The fraction of sp³-hybridized carbons (Fsp3) is 0.556. The molecule has 4 heterocycles. The fourth-order valence-electron chi connectivity index (χ4n) is 3.55. The highest BCUT2D eigenvalue weighted by Crippen LogP contribution is 2.22. The van der Waals surface area contributed by atoms with E-state index in [0.29, 0.717) is 6.04 Å². The van der Waals surface area contributed by atoms with Gasteiger partial charge in [0.15, 0.2) is 0 Å². The molecule has 2 saturated heterocycles. The van der Waals surface area contributed by atoms with Crippen molar-refractivity contribution < 1.29 is 4.74 Å². The first-order valence-electron chi connectivity index (χ1n) is 9.24. The van der Waals surface area contributed by atoms with E-state index in [1.165, 1.54) is 0 Å². The van der Waals surface area contributed by atoms with Gasteiger partial charge in [0.25, 0.3) is 0 Å². The largest absolute Gasteiger partial charge is 0.378 e. The van der Waals surface area contributed by atoms with Crippen LogP contribution in [0.25, 0.3) is 0 Å². The highest BCUT2D eigenvalue weighted by Gasteiger charge is 2.23. The standard InChI is InChI=1S/C18H25N7O/c1-14-17(20-7-6-19-14)25-8-2-3-15(13-25)22-16-4-5-21-18(23-16)24-9-11-26-12-10-24/h4-7,15H,2-3,8-13H2,1H3,(H,21,22,23). The molecule has 138 valence electrons. The van der Waals surface area contributed by atoms with Gasteiger partial charge in [0, 0.05) is 50.8 Å². The van der Waals surface area contributed by atoms with Gasteiger partial charge < -0.3 is 19.9 Å². The van der Waals surface area contributed by atoms with Crippen molar-refractivity contribution in [2.24, 2.45) is 0 Å². The lowest BCUT2D eigenvalue weighted by Crippen LogP contribution is -2.43. The van der Waals surface area contributed by atoms with Crippen molar-refractivity contribution in [3.8, 4) is 0 Å². The summed E-state index contributed by atoms with van der Waals surface area (Å²) in [5, 5.41) is 3.58. The third-order valence-corrected chi connectivity index (χ3v) is 4.86. The highest BCUT2D eigenvalue weighted by atomic mass is 16.5. The molecule has 0 aromatic carbocycles. The molecule has 4 rings (SSSR count). The van der Waals surface area contributed by atoms with E-state index < -0.39 is 0 Å². The van der Waals surface area contributed by atoms with Crippen LogP contribution in [-0.4, -0.2) is 65.4 Å². The predicted octanol–water partition coefficient (Wildman–Crippen LogP) is 1.49. The number of hydrogen-bond acceptors (Lipinski definition) is 8. The Kier molecular flexibility index (Phi) is 5.10. The Morgan fingerprint density at radius 2 is 1.88 bits per heavy atom. The second kappa shape index (κ2) is 7.82. The predicted molar refractivity (Wildman–Crippen MR) is 101 cm³/mol. The van der Waals surface area contributed by atoms with Gasteiger partial charge in [-0.2, -0.15) is 4.98 Å². The van der Waals surface area contributed by atoms with Crippen molar-refractivity contribution in [3.05, 3.63) is 30.4 Å². The summed E-state index contributed by atoms with van der Waals surface area (Å²) in [4.78, 5) is 22.5. The monoisotopic (exact) mass is 355 g/mol. The maximum absolute atomic E-state index is 5.41. The molecule has 0 amide bonds. The Hall–Kier alpha value is -2.48. The SMILES string of the molecule is Cc1nccnc1N1CCCC(Nc2ccnc(N3CCOCC3)n2)C1. The molecule has 0 saturated carbocycles. The molecule has 1 N–H and O–H groups in total. The number of aryl methyl sites for hydroxylation is 1. The van der Waals surface area contributed by atoms with Crippen LogP contribution in [0.3, 0.4) is 0 Å². The molecule has 0 bridgehead atoms. The first-order valence-corrected chi connectivity index (χ1v) is 9.24. The molecule has 2 aliphatic heterocycles. The number of ether oxygens (including phenoxy) is 1. The molecule has 8 nitrogen and oxygen atoms in total. The summed E-state index contributed by atoms with van der Waals surface area (Å²) in [6, 6.07) is 2.27. The van der Waals surface area contributed by atoms with Gasteiger partial charge in [-0.15, -0.1) is 0 Å². The van der Waals surface area contributed by atoms with Crippen LogP contribution in [0.2, 0.25) is 0 Å². The van der Waals surface area contributed by atoms with Crippen LogP contribution < -0.4 is 15.1 Å². The number of aromatic nitrogens is 4. The lowest BCUT2D eigenvalue weighted by Gasteiger charge is -2.34. The van der Waals surface area contributed by atoms with Gasteiger partial charge in [0.2, 0.25) is 5.95 Å². The van der Waals surface area contributed by atoms with Crippen LogP contribution in [-0.2, 0) is 4.74 Å². The highest BCUT2D eigenvalue weighted by molar-refractivity contribution is 5.46. The molecule has 2 fully saturated rings. The summed E-state index contributed by atoms with van der Waals surface area (Å²) >= 11 is 0. The van der Waals surface area contributed by atoms with E-state index in [9.17, 15) is 0 Å². The topological polar surface area (TPSA) is 79.3 Å². The van der Waals surface area contributed by atoms with Crippen molar-refractivity contribution in [1.29, 1.82) is 0 Å². The lowest BCUT2D eigenvalue weighted by atomic mass is 10.1. The molecule has 1 unspecified atom stereocenters. The van der Waals surface area contributed by atoms with Crippen molar-refractivity contribution in [1.82, 2.24) is 19.9 Å². The van der Waals surface area contributed by atoms with Gasteiger partial charge in [-0.25, -0.2) is 9.97 Å². The van der Waals surface area contributed by atoms with Crippen molar-refractivity contribution in [2.75, 3.05) is 54.5 Å². The minimum Gasteiger partial charge on any atom is -0.378 e. The summed E-state index contributed by atoms with van der Waals surface area (Å²) in [6.07, 6.45) is 7.57. The van der Waals surface area contributed by atoms with E-state index >= 15 is 0 Å². The molecule has 8 heteroatoms. The quantitative estimate of drug-likeness (QED) is 0.884. The van der Waals surface area contributed by atoms with Crippen LogP contribution >= 0.6 is 0 Å². The van der Waals surface area contributed by atoms with Gasteiger partial charge in [-0.1, -0.05) is 0 Å². The number of nitrogens with one attached hydrogen (secondary N) is 1. The fourth-order valence-corrected chi connectivity index (χ4v) is 3.55. The lowest BCUT2D eigenvalue weighted by molar-refractivity contribution is 0.122. The second-order valence-electron chi connectivity index (χ2n) is 6.74. The molecule has 26 heavy (non-hydrogen) atoms. The third kappa shape index (κ3) is 3.85. The minimum absolute atomic E-state index is 0.331. The first-order chi connectivity index (χ1) is 12.8. The number of hydrogen-bond donors (Lipinski definition) is 1. The molecular weight excluding hydrogens is 330 g/mol. The maximum Gasteiger partial charge on any atom is 0.227 e. The number of piperidine rings is 1. The maximum atomic E-state index is 5.41. The molecule has 0 radical (unpaired) electrons. The summed E-state index contributed by atoms with van der Waals surface area (Å²) in [7, 11) is 0. The van der Waals surface area contributed by atoms with Crippen molar-refractivity contribution >= 4 is 17.6 Å². The van der Waals surface area contributed by atoms with Crippen LogP contribution in [0.4, 0.5) is 17.6 Å². The van der Waals surface area contributed by atoms with E-state index in [1.807, 2.05) is 19.2 Å². The molecule has 2 aromatic heterocycles. The molecule has 2 aromatic rings. The summed E-state index contributed by atoms with van der Waals surface area (Å²) in [6.45, 7) is 7.07. The number of morpholine rings is 1. The Morgan fingerprint density at radius 1 is 1.04 bits per heavy atom. The normalized spacial score (nSPS) is 20.9. The van der Waals surface area contributed by atoms with E-state index in [2.05, 4.69) is 30.1 Å².